The van der Waals surface area contributed by atoms with Crippen molar-refractivity contribution in [3.63, 3.8) is 0 Å². The maximum atomic E-state index is 10.7. The van der Waals surface area contributed by atoms with Crippen LogP contribution >= 0.6 is 0 Å². The van der Waals surface area contributed by atoms with Crippen molar-refractivity contribution in [1.82, 2.24) is 0 Å². The molecule has 0 aliphatic heterocycles. The molecule has 0 aromatic rings. The second-order valence-electron chi connectivity index (χ2n) is 7.65. The van der Waals surface area contributed by atoms with Gasteiger partial charge in [-0.05, 0) is 37.7 Å². The largest absolute Gasteiger partial charge is 0.481 e. The SMILES string of the molecule is CC(=CC=CC1=C(C)C2(C)CCCC(C)(C)C2=C1)CC(=O)O. The molecule has 1 atom stereocenters. The van der Waals surface area contributed by atoms with Crippen LogP contribution < -0.4 is 0 Å². The maximum absolute atomic E-state index is 10.7. The highest BCUT2D eigenvalue weighted by atomic mass is 16.4. The van der Waals surface area contributed by atoms with Gasteiger partial charge in [0, 0.05) is 5.41 Å². The zero-order valence-electron chi connectivity index (χ0n) is 14.5. The molecule has 0 spiro atoms. The van der Waals surface area contributed by atoms with E-state index in [1.807, 2.05) is 19.1 Å². The Kier molecular flexibility index (Phi) is 4.51. The van der Waals surface area contributed by atoms with E-state index >= 15 is 0 Å². The number of hydrogen-bond acceptors (Lipinski definition) is 1. The predicted octanol–water partition coefficient (Wildman–Crippen LogP) is 5.44. The average Bonchev–Trinajstić information content (AvgIpc) is 2.63. The molecular weight excluding hydrogens is 272 g/mol. The minimum atomic E-state index is -0.777. The number of carbonyl (C=O) groups is 1. The van der Waals surface area contributed by atoms with Crippen molar-refractivity contribution < 1.29 is 9.90 Å². The van der Waals surface area contributed by atoms with Crippen molar-refractivity contribution >= 4 is 5.97 Å². The molecule has 2 nitrogen and oxygen atoms in total. The highest BCUT2D eigenvalue weighted by Crippen LogP contribution is 2.58. The molecule has 0 amide bonds. The Morgan fingerprint density at radius 3 is 2.59 bits per heavy atom. The number of aliphatic carboxylic acids is 1. The molecule has 1 saturated carbocycles. The summed E-state index contributed by atoms with van der Waals surface area (Å²) in [5.74, 6) is -0.777. The Labute approximate surface area is 134 Å². The van der Waals surface area contributed by atoms with Crippen molar-refractivity contribution in [2.24, 2.45) is 10.8 Å². The van der Waals surface area contributed by atoms with Gasteiger partial charge in [0.25, 0.3) is 0 Å². The van der Waals surface area contributed by atoms with Crippen molar-refractivity contribution in [3.05, 3.63) is 46.6 Å². The van der Waals surface area contributed by atoms with Gasteiger partial charge in [-0.25, -0.2) is 0 Å². The van der Waals surface area contributed by atoms with Crippen LogP contribution in [0.2, 0.25) is 0 Å². The van der Waals surface area contributed by atoms with Crippen LogP contribution in [0.5, 0.6) is 0 Å². The summed E-state index contributed by atoms with van der Waals surface area (Å²) < 4.78 is 0. The summed E-state index contributed by atoms with van der Waals surface area (Å²) in [5, 5.41) is 8.78. The molecule has 0 aromatic carbocycles. The highest BCUT2D eigenvalue weighted by molar-refractivity contribution is 5.70. The standard InChI is InChI=1S/C20H28O2/c1-14(12-18(21)22)8-6-9-16-13-17-19(3,4)10-7-11-20(17,5)15(16)2/h6,8-9,13H,7,10-12H2,1-5H3,(H,21,22). The van der Waals surface area contributed by atoms with Crippen LogP contribution in [0.25, 0.3) is 0 Å². The first kappa shape index (κ1) is 16.8. The lowest BCUT2D eigenvalue weighted by molar-refractivity contribution is -0.136. The molecule has 1 N–H and O–H groups in total. The third-order valence-corrected chi connectivity index (χ3v) is 5.45. The van der Waals surface area contributed by atoms with Gasteiger partial charge in [-0.3, -0.25) is 4.79 Å². The summed E-state index contributed by atoms with van der Waals surface area (Å²) in [6.45, 7) is 11.2. The quantitative estimate of drug-likeness (QED) is 0.702. The van der Waals surface area contributed by atoms with Gasteiger partial charge in [0.2, 0.25) is 0 Å². The topological polar surface area (TPSA) is 37.3 Å². The monoisotopic (exact) mass is 300 g/mol. The lowest BCUT2D eigenvalue weighted by atomic mass is 9.60. The van der Waals surface area contributed by atoms with Crippen molar-refractivity contribution in [3.8, 4) is 0 Å². The predicted molar refractivity (Wildman–Crippen MR) is 91.7 cm³/mol. The zero-order valence-corrected chi connectivity index (χ0v) is 14.5. The fourth-order valence-electron chi connectivity index (χ4n) is 4.01. The number of hydrogen-bond donors (Lipinski definition) is 1. The first-order chi connectivity index (χ1) is 10.2. The summed E-state index contributed by atoms with van der Waals surface area (Å²) in [6, 6.07) is 0. The van der Waals surface area contributed by atoms with Crippen LogP contribution in [0.15, 0.2) is 46.6 Å². The average molecular weight is 300 g/mol. The normalized spacial score (nSPS) is 28.0. The number of rotatable bonds is 4. The molecule has 0 radical (unpaired) electrons. The molecule has 120 valence electrons. The second-order valence-corrected chi connectivity index (χ2v) is 7.65. The maximum Gasteiger partial charge on any atom is 0.307 e. The molecule has 2 rings (SSSR count). The molecule has 1 unspecified atom stereocenters. The van der Waals surface area contributed by atoms with E-state index in [4.69, 9.17) is 5.11 Å². The smallest absolute Gasteiger partial charge is 0.307 e. The van der Waals surface area contributed by atoms with E-state index in [0.717, 1.165) is 5.57 Å². The van der Waals surface area contributed by atoms with E-state index in [0.29, 0.717) is 0 Å². The van der Waals surface area contributed by atoms with Crippen LogP contribution in [0.1, 0.15) is 60.3 Å². The van der Waals surface area contributed by atoms with E-state index in [1.54, 1.807) is 5.57 Å². The fourth-order valence-corrected chi connectivity index (χ4v) is 4.01. The van der Waals surface area contributed by atoms with E-state index < -0.39 is 5.97 Å². The van der Waals surface area contributed by atoms with Crippen molar-refractivity contribution in [2.45, 2.75) is 60.3 Å². The Hall–Kier alpha value is -1.57. The molecule has 2 heteroatoms. The van der Waals surface area contributed by atoms with Gasteiger partial charge >= 0.3 is 5.97 Å². The highest BCUT2D eigenvalue weighted by Gasteiger charge is 2.45. The molecule has 22 heavy (non-hydrogen) atoms. The van der Waals surface area contributed by atoms with Gasteiger partial charge in [-0.15, -0.1) is 0 Å². The van der Waals surface area contributed by atoms with Gasteiger partial charge in [0.1, 0.15) is 0 Å². The molecule has 0 bridgehead atoms. The molecular formula is C20H28O2. The first-order valence-electron chi connectivity index (χ1n) is 8.16. The molecule has 2 aliphatic rings. The Bertz CT molecular complexity index is 599. The Balaban J connectivity index is 2.25. The van der Waals surface area contributed by atoms with Gasteiger partial charge in [-0.2, -0.15) is 0 Å². The third kappa shape index (κ3) is 3.11. The Morgan fingerprint density at radius 1 is 1.32 bits per heavy atom. The summed E-state index contributed by atoms with van der Waals surface area (Å²) >= 11 is 0. The molecule has 0 saturated heterocycles. The number of allylic oxidation sites excluding steroid dienone is 7. The Morgan fingerprint density at radius 2 is 2.00 bits per heavy atom. The first-order valence-corrected chi connectivity index (χ1v) is 8.16. The van der Waals surface area contributed by atoms with Crippen LogP contribution in [0.3, 0.4) is 0 Å². The molecule has 0 heterocycles. The van der Waals surface area contributed by atoms with Gasteiger partial charge in [0.05, 0.1) is 6.42 Å². The van der Waals surface area contributed by atoms with Crippen LogP contribution in [0, 0.1) is 10.8 Å². The van der Waals surface area contributed by atoms with Crippen LogP contribution in [-0.2, 0) is 4.79 Å². The molecule has 1 fully saturated rings. The summed E-state index contributed by atoms with van der Waals surface area (Å²) in [4.78, 5) is 10.7. The summed E-state index contributed by atoms with van der Waals surface area (Å²) in [5.41, 5.74) is 5.68. The lowest BCUT2D eigenvalue weighted by Gasteiger charge is -2.44. The van der Waals surface area contributed by atoms with Crippen molar-refractivity contribution in [1.29, 1.82) is 0 Å². The van der Waals surface area contributed by atoms with E-state index in [-0.39, 0.29) is 17.3 Å². The van der Waals surface area contributed by atoms with E-state index in [1.165, 1.54) is 30.4 Å². The van der Waals surface area contributed by atoms with Crippen LogP contribution in [-0.4, -0.2) is 11.1 Å². The number of carboxylic acids is 1. The van der Waals surface area contributed by atoms with Crippen molar-refractivity contribution in [2.75, 3.05) is 0 Å². The minimum absolute atomic E-state index is 0.105. The zero-order chi connectivity index (χ0) is 16.5. The van der Waals surface area contributed by atoms with Gasteiger partial charge < -0.3 is 5.11 Å². The summed E-state index contributed by atoms with van der Waals surface area (Å²) in [7, 11) is 0. The summed E-state index contributed by atoms with van der Waals surface area (Å²) in [6.07, 6.45) is 12.3. The van der Waals surface area contributed by atoms with E-state index in [2.05, 4.69) is 39.8 Å². The lowest BCUT2D eigenvalue weighted by Crippen LogP contribution is -2.33. The number of fused-ring (bicyclic) bond motifs is 1. The molecule has 0 aromatic heterocycles. The van der Waals surface area contributed by atoms with Gasteiger partial charge in [-0.1, -0.05) is 68.2 Å². The van der Waals surface area contributed by atoms with Gasteiger partial charge in [0.15, 0.2) is 0 Å². The molecule has 2 aliphatic carbocycles. The second kappa shape index (κ2) is 5.91. The number of carboxylic acid groups (broad SMARTS) is 1. The minimum Gasteiger partial charge on any atom is -0.481 e. The van der Waals surface area contributed by atoms with E-state index in [9.17, 15) is 4.79 Å². The van der Waals surface area contributed by atoms with Crippen LogP contribution in [0.4, 0.5) is 0 Å². The third-order valence-electron chi connectivity index (χ3n) is 5.45. The fraction of sp³-hybridized carbons (Fsp3) is 0.550.